The normalized spacial score (nSPS) is 15.5. The van der Waals surface area contributed by atoms with Gasteiger partial charge < -0.3 is 9.32 Å². The second kappa shape index (κ2) is 7.34. The van der Waals surface area contributed by atoms with Gasteiger partial charge in [-0.3, -0.25) is 9.69 Å². The summed E-state index contributed by atoms with van der Waals surface area (Å²) in [6, 6.07) is 16.6. The molecule has 4 heteroatoms. The molecule has 2 heterocycles. The Balaban J connectivity index is 1.34. The lowest BCUT2D eigenvalue weighted by atomic mass is 10.1. The molecule has 4 rings (SSSR count). The van der Waals surface area contributed by atoms with E-state index in [4.69, 9.17) is 4.42 Å². The second-order valence-electron chi connectivity index (χ2n) is 7.08. The Morgan fingerprint density at radius 3 is 2.58 bits per heavy atom. The van der Waals surface area contributed by atoms with Gasteiger partial charge in [0.25, 0.3) is 0 Å². The predicted octanol–water partition coefficient (Wildman–Crippen LogP) is 3.63. The lowest BCUT2D eigenvalue weighted by molar-refractivity contribution is -0.132. The molecule has 1 amide bonds. The zero-order valence-electron chi connectivity index (χ0n) is 15.1. The number of hydrogen-bond acceptors (Lipinski definition) is 3. The van der Waals surface area contributed by atoms with Crippen LogP contribution in [0.1, 0.15) is 16.7 Å². The Morgan fingerprint density at radius 2 is 1.81 bits per heavy atom. The maximum atomic E-state index is 12.7. The number of hydrogen-bond donors (Lipinski definition) is 0. The molecule has 0 N–H and O–H groups in total. The Bertz CT molecular complexity index is 893. The second-order valence-corrected chi connectivity index (χ2v) is 7.08. The summed E-state index contributed by atoms with van der Waals surface area (Å²) in [5.41, 5.74) is 4.34. The van der Waals surface area contributed by atoms with E-state index in [1.807, 2.05) is 24.0 Å². The van der Waals surface area contributed by atoms with Gasteiger partial charge in [-0.2, -0.15) is 0 Å². The Labute approximate surface area is 154 Å². The summed E-state index contributed by atoms with van der Waals surface area (Å²) in [5.74, 6) is 0.188. The topological polar surface area (TPSA) is 36.7 Å². The van der Waals surface area contributed by atoms with Crippen LogP contribution in [0.15, 0.2) is 59.2 Å². The standard InChI is InChI=1S/C22H24N2O2/c1-17-7-8-20-19(16-26-21(20)13-17)14-22(25)24-11-9-23(10-12-24)15-18-5-3-2-4-6-18/h2-8,13,16H,9-12,14-15H2,1H3. The van der Waals surface area contributed by atoms with Crippen LogP contribution in [0.5, 0.6) is 0 Å². The molecule has 0 radical (unpaired) electrons. The Hall–Kier alpha value is -2.59. The molecule has 0 aliphatic carbocycles. The van der Waals surface area contributed by atoms with Crippen molar-refractivity contribution in [3.8, 4) is 0 Å². The molecule has 1 aliphatic rings. The lowest BCUT2D eigenvalue weighted by Gasteiger charge is -2.34. The summed E-state index contributed by atoms with van der Waals surface area (Å²) in [4.78, 5) is 17.1. The van der Waals surface area contributed by atoms with Crippen LogP contribution in [0.2, 0.25) is 0 Å². The highest BCUT2D eigenvalue weighted by Crippen LogP contribution is 2.23. The van der Waals surface area contributed by atoms with Crippen LogP contribution in [0.4, 0.5) is 0 Å². The highest BCUT2D eigenvalue weighted by atomic mass is 16.3. The average Bonchev–Trinajstić information content (AvgIpc) is 3.05. The summed E-state index contributed by atoms with van der Waals surface area (Å²) in [6.07, 6.45) is 2.14. The van der Waals surface area contributed by atoms with Crippen molar-refractivity contribution >= 4 is 16.9 Å². The van der Waals surface area contributed by atoms with E-state index in [1.165, 1.54) is 11.1 Å². The number of fused-ring (bicyclic) bond motifs is 1. The van der Waals surface area contributed by atoms with Gasteiger partial charge in [-0.05, 0) is 24.1 Å². The minimum Gasteiger partial charge on any atom is -0.464 e. The summed E-state index contributed by atoms with van der Waals surface area (Å²) in [6.45, 7) is 6.43. The molecule has 1 saturated heterocycles. The van der Waals surface area contributed by atoms with Gasteiger partial charge in [0, 0.05) is 43.7 Å². The molecular weight excluding hydrogens is 324 g/mol. The van der Waals surface area contributed by atoms with Crippen LogP contribution in [0.25, 0.3) is 11.0 Å². The fourth-order valence-corrected chi connectivity index (χ4v) is 3.60. The molecule has 4 nitrogen and oxygen atoms in total. The van der Waals surface area contributed by atoms with Crippen molar-refractivity contribution in [3.05, 3.63) is 71.5 Å². The molecule has 0 atom stereocenters. The van der Waals surface area contributed by atoms with E-state index in [0.717, 1.165) is 49.3 Å². The van der Waals surface area contributed by atoms with Crippen molar-refractivity contribution in [1.82, 2.24) is 9.80 Å². The van der Waals surface area contributed by atoms with Gasteiger partial charge in [0.05, 0.1) is 12.7 Å². The highest BCUT2D eigenvalue weighted by Gasteiger charge is 2.22. The highest BCUT2D eigenvalue weighted by molar-refractivity contribution is 5.88. The van der Waals surface area contributed by atoms with Gasteiger partial charge in [-0.15, -0.1) is 0 Å². The molecule has 0 bridgehead atoms. The number of rotatable bonds is 4. The van der Waals surface area contributed by atoms with E-state index in [2.05, 4.69) is 41.3 Å². The zero-order chi connectivity index (χ0) is 17.9. The summed E-state index contributed by atoms with van der Waals surface area (Å²) in [5, 5.41) is 1.05. The monoisotopic (exact) mass is 348 g/mol. The number of amides is 1. The van der Waals surface area contributed by atoms with E-state index < -0.39 is 0 Å². The van der Waals surface area contributed by atoms with Gasteiger partial charge in [0.15, 0.2) is 0 Å². The van der Waals surface area contributed by atoms with Crippen LogP contribution in [-0.2, 0) is 17.8 Å². The molecule has 0 spiro atoms. The quantitative estimate of drug-likeness (QED) is 0.722. The summed E-state index contributed by atoms with van der Waals surface area (Å²) >= 11 is 0. The van der Waals surface area contributed by atoms with Crippen molar-refractivity contribution in [2.45, 2.75) is 19.9 Å². The summed E-state index contributed by atoms with van der Waals surface area (Å²) < 4.78 is 5.62. The minimum atomic E-state index is 0.188. The number of nitrogens with zero attached hydrogens (tertiary/aromatic N) is 2. The first kappa shape index (κ1) is 16.9. The van der Waals surface area contributed by atoms with Gasteiger partial charge in [0.2, 0.25) is 5.91 Å². The SMILES string of the molecule is Cc1ccc2c(CC(=O)N3CCN(Cc4ccccc4)CC3)coc2c1. The fourth-order valence-electron chi connectivity index (χ4n) is 3.60. The van der Waals surface area contributed by atoms with E-state index in [0.29, 0.717) is 6.42 Å². The first-order valence-corrected chi connectivity index (χ1v) is 9.20. The molecule has 1 fully saturated rings. The maximum absolute atomic E-state index is 12.7. The largest absolute Gasteiger partial charge is 0.464 e. The van der Waals surface area contributed by atoms with Crippen molar-refractivity contribution < 1.29 is 9.21 Å². The van der Waals surface area contributed by atoms with Crippen LogP contribution in [0.3, 0.4) is 0 Å². The van der Waals surface area contributed by atoms with Crippen LogP contribution >= 0.6 is 0 Å². The molecule has 0 saturated carbocycles. The first-order chi connectivity index (χ1) is 12.7. The molecule has 1 aliphatic heterocycles. The Morgan fingerprint density at radius 1 is 1.04 bits per heavy atom. The third-order valence-electron chi connectivity index (χ3n) is 5.13. The number of aryl methyl sites for hydroxylation is 1. The van der Waals surface area contributed by atoms with E-state index in [9.17, 15) is 4.79 Å². The smallest absolute Gasteiger partial charge is 0.227 e. The number of carbonyl (C=O) groups excluding carboxylic acids is 1. The van der Waals surface area contributed by atoms with Gasteiger partial charge >= 0.3 is 0 Å². The van der Waals surface area contributed by atoms with Crippen molar-refractivity contribution in [3.63, 3.8) is 0 Å². The molecule has 26 heavy (non-hydrogen) atoms. The van der Waals surface area contributed by atoms with Crippen LogP contribution in [0, 0.1) is 6.92 Å². The van der Waals surface area contributed by atoms with Crippen molar-refractivity contribution in [1.29, 1.82) is 0 Å². The minimum absolute atomic E-state index is 0.188. The summed E-state index contributed by atoms with van der Waals surface area (Å²) in [7, 11) is 0. The lowest BCUT2D eigenvalue weighted by Crippen LogP contribution is -2.48. The Kier molecular flexibility index (Phi) is 4.76. The van der Waals surface area contributed by atoms with Crippen molar-refractivity contribution in [2.24, 2.45) is 0 Å². The van der Waals surface area contributed by atoms with Crippen molar-refractivity contribution in [2.75, 3.05) is 26.2 Å². The van der Waals surface area contributed by atoms with Crippen LogP contribution < -0.4 is 0 Å². The molecular formula is C22H24N2O2. The fraction of sp³-hybridized carbons (Fsp3) is 0.318. The van der Waals surface area contributed by atoms with E-state index in [-0.39, 0.29) is 5.91 Å². The number of carbonyl (C=O) groups is 1. The molecule has 3 aromatic rings. The first-order valence-electron chi connectivity index (χ1n) is 9.20. The number of benzene rings is 2. The number of piperazine rings is 1. The predicted molar refractivity (Wildman–Crippen MR) is 103 cm³/mol. The maximum Gasteiger partial charge on any atom is 0.227 e. The van der Waals surface area contributed by atoms with Gasteiger partial charge in [0.1, 0.15) is 5.58 Å². The molecule has 1 aromatic heterocycles. The van der Waals surface area contributed by atoms with E-state index >= 15 is 0 Å². The molecule has 134 valence electrons. The average molecular weight is 348 g/mol. The van der Waals surface area contributed by atoms with Gasteiger partial charge in [-0.1, -0.05) is 42.5 Å². The molecule has 2 aromatic carbocycles. The third kappa shape index (κ3) is 3.65. The zero-order valence-corrected chi connectivity index (χ0v) is 15.1. The van der Waals surface area contributed by atoms with Crippen LogP contribution in [-0.4, -0.2) is 41.9 Å². The van der Waals surface area contributed by atoms with Gasteiger partial charge in [-0.25, -0.2) is 0 Å². The van der Waals surface area contributed by atoms with E-state index in [1.54, 1.807) is 6.26 Å². The molecule has 0 unspecified atom stereocenters. The number of furan rings is 1. The third-order valence-corrected chi connectivity index (χ3v) is 5.13.